The van der Waals surface area contributed by atoms with Gasteiger partial charge in [-0.05, 0) is 58.9 Å². The second-order valence-corrected chi connectivity index (χ2v) is 6.91. The Morgan fingerprint density at radius 2 is 1.50 bits per heavy atom. The summed E-state index contributed by atoms with van der Waals surface area (Å²) >= 11 is 0. The Labute approximate surface area is 146 Å². The molecule has 5 nitrogen and oxygen atoms in total. The maximum atomic E-state index is 12.0. The first-order chi connectivity index (χ1) is 11.2. The van der Waals surface area contributed by atoms with Crippen LogP contribution in [-0.4, -0.2) is 37.0 Å². The van der Waals surface area contributed by atoms with Crippen molar-refractivity contribution in [2.45, 2.75) is 53.5 Å². The van der Waals surface area contributed by atoms with E-state index in [4.69, 9.17) is 0 Å². The van der Waals surface area contributed by atoms with Crippen molar-refractivity contribution in [3.63, 3.8) is 0 Å². The van der Waals surface area contributed by atoms with E-state index < -0.39 is 0 Å². The molecule has 0 spiro atoms. The van der Waals surface area contributed by atoms with E-state index in [1.807, 2.05) is 45.0 Å². The summed E-state index contributed by atoms with van der Waals surface area (Å²) in [4.78, 5) is 27.8. The summed E-state index contributed by atoms with van der Waals surface area (Å²) in [6.45, 7) is 13.9. The highest BCUT2D eigenvalue weighted by atomic mass is 16.2. The van der Waals surface area contributed by atoms with Crippen LogP contribution < -0.4 is 15.1 Å². The monoisotopic (exact) mass is 333 g/mol. The largest absolute Gasteiger partial charge is 0.372 e. The number of carbonyl (C=O) groups excluding carboxylic acids is 2. The van der Waals surface area contributed by atoms with Crippen LogP contribution in [-0.2, 0) is 9.59 Å². The summed E-state index contributed by atoms with van der Waals surface area (Å²) in [5.41, 5.74) is 1.70. The van der Waals surface area contributed by atoms with Crippen molar-refractivity contribution in [3.05, 3.63) is 24.3 Å². The third-order valence-electron chi connectivity index (χ3n) is 3.75. The summed E-state index contributed by atoms with van der Waals surface area (Å²) in [7, 11) is 0. The highest BCUT2D eigenvalue weighted by Crippen LogP contribution is 2.21. The van der Waals surface area contributed by atoms with Gasteiger partial charge in [-0.1, -0.05) is 0 Å². The Bertz CT molecular complexity index is 543. The summed E-state index contributed by atoms with van der Waals surface area (Å²) < 4.78 is 0. The lowest BCUT2D eigenvalue weighted by atomic mass is 10.1. The maximum absolute atomic E-state index is 12.0. The van der Waals surface area contributed by atoms with Crippen molar-refractivity contribution in [3.8, 4) is 0 Å². The van der Waals surface area contributed by atoms with Crippen molar-refractivity contribution >= 4 is 23.2 Å². The topological polar surface area (TPSA) is 52.6 Å². The van der Waals surface area contributed by atoms with Crippen molar-refractivity contribution < 1.29 is 9.59 Å². The molecule has 1 aromatic carbocycles. The van der Waals surface area contributed by atoms with Gasteiger partial charge in [-0.3, -0.25) is 9.59 Å². The molecule has 0 radical (unpaired) electrons. The van der Waals surface area contributed by atoms with Crippen molar-refractivity contribution in [1.82, 2.24) is 5.32 Å². The van der Waals surface area contributed by atoms with E-state index in [0.717, 1.165) is 24.5 Å². The first kappa shape index (κ1) is 20.0. The highest BCUT2D eigenvalue weighted by molar-refractivity contribution is 5.92. The van der Waals surface area contributed by atoms with Gasteiger partial charge in [0.1, 0.15) is 0 Å². The van der Waals surface area contributed by atoms with Gasteiger partial charge in [-0.2, -0.15) is 0 Å². The van der Waals surface area contributed by atoms with Gasteiger partial charge < -0.3 is 15.1 Å². The van der Waals surface area contributed by atoms with Crippen LogP contribution in [0, 0.1) is 0 Å². The van der Waals surface area contributed by atoms with E-state index in [1.54, 1.807) is 4.90 Å². The van der Waals surface area contributed by atoms with Crippen LogP contribution in [0.25, 0.3) is 0 Å². The fourth-order valence-corrected chi connectivity index (χ4v) is 2.59. The predicted octanol–water partition coefficient (Wildman–Crippen LogP) is 3.19. The van der Waals surface area contributed by atoms with Gasteiger partial charge in [0.2, 0.25) is 11.8 Å². The molecule has 0 aromatic heterocycles. The third kappa shape index (κ3) is 6.22. The number of amides is 2. The van der Waals surface area contributed by atoms with Gasteiger partial charge in [0.15, 0.2) is 0 Å². The average molecular weight is 333 g/mol. The Morgan fingerprint density at radius 3 is 1.92 bits per heavy atom. The van der Waals surface area contributed by atoms with Gasteiger partial charge >= 0.3 is 0 Å². The quantitative estimate of drug-likeness (QED) is 0.834. The minimum Gasteiger partial charge on any atom is -0.372 e. The average Bonchev–Trinajstić information content (AvgIpc) is 2.48. The molecular formula is C19H31N3O2. The van der Waals surface area contributed by atoms with E-state index in [0.29, 0.717) is 6.54 Å². The van der Waals surface area contributed by atoms with Crippen LogP contribution in [0.2, 0.25) is 0 Å². The number of rotatable bonds is 7. The third-order valence-corrected chi connectivity index (χ3v) is 3.75. The molecule has 0 aliphatic rings. The van der Waals surface area contributed by atoms with Crippen molar-refractivity contribution in [1.29, 1.82) is 0 Å². The van der Waals surface area contributed by atoms with Crippen LogP contribution in [0.3, 0.4) is 0 Å². The molecule has 0 bridgehead atoms. The van der Waals surface area contributed by atoms with E-state index in [-0.39, 0.29) is 23.8 Å². The van der Waals surface area contributed by atoms with Crippen LogP contribution in [0.1, 0.15) is 48.0 Å². The minimum absolute atomic E-state index is 0.0477. The molecule has 0 heterocycles. The van der Waals surface area contributed by atoms with Gasteiger partial charge in [0, 0.05) is 49.9 Å². The molecule has 5 heteroatoms. The van der Waals surface area contributed by atoms with Crippen LogP contribution in [0.5, 0.6) is 0 Å². The van der Waals surface area contributed by atoms with E-state index >= 15 is 0 Å². The molecule has 2 amide bonds. The number of benzene rings is 1. The van der Waals surface area contributed by atoms with Gasteiger partial charge in [-0.15, -0.1) is 0 Å². The molecule has 0 unspecified atom stereocenters. The van der Waals surface area contributed by atoms with Crippen LogP contribution in [0.4, 0.5) is 11.4 Å². The minimum atomic E-state index is -0.260. The van der Waals surface area contributed by atoms with E-state index in [9.17, 15) is 9.59 Å². The lowest BCUT2D eigenvalue weighted by Gasteiger charge is -2.25. The van der Waals surface area contributed by atoms with Gasteiger partial charge in [0.05, 0.1) is 0 Å². The first-order valence-corrected chi connectivity index (χ1v) is 8.62. The van der Waals surface area contributed by atoms with Gasteiger partial charge in [0.25, 0.3) is 0 Å². The fourth-order valence-electron chi connectivity index (χ4n) is 2.59. The predicted molar refractivity (Wildman–Crippen MR) is 101 cm³/mol. The fraction of sp³-hybridized carbons (Fsp3) is 0.579. The van der Waals surface area contributed by atoms with Crippen LogP contribution >= 0.6 is 0 Å². The van der Waals surface area contributed by atoms with Gasteiger partial charge in [-0.25, -0.2) is 0 Å². The Morgan fingerprint density at radius 1 is 1.00 bits per heavy atom. The van der Waals surface area contributed by atoms with E-state index in [1.165, 1.54) is 6.92 Å². The van der Waals surface area contributed by atoms with Crippen molar-refractivity contribution in [2.24, 2.45) is 0 Å². The zero-order chi connectivity index (χ0) is 18.3. The Kier molecular flexibility index (Phi) is 7.26. The molecule has 0 atom stereocenters. The second-order valence-electron chi connectivity index (χ2n) is 6.91. The summed E-state index contributed by atoms with van der Waals surface area (Å²) in [5.74, 6) is -0.109. The van der Waals surface area contributed by atoms with E-state index in [2.05, 4.69) is 24.1 Å². The maximum Gasteiger partial charge on any atom is 0.223 e. The molecule has 0 saturated carbocycles. The number of hydrogen-bond acceptors (Lipinski definition) is 3. The smallest absolute Gasteiger partial charge is 0.223 e. The molecule has 24 heavy (non-hydrogen) atoms. The highest BCUT2D eigenvalue weighted by Gasteiger charge is 2.17. The number of nitrogens with one attached hydrogen (secondary N) is 1. The number of hydrogen-bond donors (Lipinski definition) is 1. The molecule has 1 rings (SSSR count). The molecule has 0 aliphatic carbocycles. The summed E-state index contributed by atoms with van der Waals surface area (Å²) in [6.07, 6.45) is 0.286. The molecule has 0 saturated heterocycles. The molecule has 0 fully saturated rings. The number of carbonyl (C=O) groups is 2. The molecule has 1 aromatic rings. The standard InChI is InChI=1S/C19H31N3O2/c1-7-21(8-2)16-9-11-17(12-10-16)22(15(3)23)14-13-18(24)20-19(4,5)6/h9-12H,7-8,13-14H2,1-6H3,(H,20,24). The molecular weight excluding hydrogens is 302 g/mol. The second kappa shape index (κ2) is 8.71. The number of nitrogens with zero attached hydrogens (tertiary/aromatic N) is 2. The number of anilines is 2. The summed E-state index contributed by atoms with van der Waals surface area (Å²) in [6, 6.07) is 7.93. The first-order valence-electron chi connectivity index (χ1n) is 8.62. The zero-order valence-electron chi connectivity index (χ0n) is 15.8. The van der Waals surface area contributed by atoms with Crippen LogP contribution in [0.15, 0.2) is 24.3 Å². The SMILES string of the molecule is CCN(CC)c1ccc(N(CCC(=O)NC(C)(C)C)C(C)=O)cc1. The lowest BCUT2D eigenvalue weighted by molar-refractivity contribution is -0.122. The zero-order valence-corrected chi connectivity index (χ0v) is 15.8. The molecule has 134 valence electrons. The lowest BCUT2D eigenvalue weighted by Crippen LogP contribution is -2.42. The Balaban J connectivity index is 2.78. The Hall–Kier alpha value is -2.04. The normalized spacial score (nSPS) is 11.1. The molecule has 0 aliphatic heterocycles. The van der Waals surface area contributed by atoms with Crippen molar-refractivity contribution in [2.75, 3.05) is 29.4 Å². The summed E-state index contributed by atoms with van der Waals surface area (Å²) in [5, 5.41) is 2.92. The molecule has 1 N–H and O–H groups in total.